The van der Waals surface area contributed by atoms with Crippen LogP contribution in [0.4, 0.5) is 5.69 Å². The topological polar surface area (TPSA) is 89.3 Å². The van der Waals surface area contributed by atoms with Crippen LogP contribution in [-0.4, -0.2) is 25.6 Å². The zero-order valence-electron chi connectivity index (χ0n) is 13.1. The van der Waals surface area contributed by atoms with Crippen molar-refractivity contribution in [1.82, 2.24) is 4.72 Å². The highest BCUT2D eigenvalue weighted by Crippen LogP contribution is 2.17. The van der Waals surface area contributed by atoms with Crippen LogP contribution >= 0.6 is 11.8 Å². The van der Waals surface area contributed by atoms with E-state index in [2.05, 4.69) is 10.8 Å². The standard InChI is InChI=1S/C16H18N2O4S2/c1-13-4-2-3-5-14(13)12-23-11-10-17-24(21,22)16-8-6-15(7-9-16)18(19)20/h2-9,17H,10-12H2,1H3. The van der Waals surface area contributed by atoms with Crippen molar-refractivity contribution >= 4 is 27.5 Å². The number of nitro groups is 1. The summed E-state index contributed by atoms with van der Waals surface area (Å²) >= 11 is 1.65. The van der Waals surface area contributed by atoms with Crippen molar-refractivity contribution in [3.8, 4) is 0 Å². The highest BCUT2D eigenvalue weighted by atomic mass is 32.2. The number of hydrogen-bond donors (Lipinski definition) is 1. The molecule has 0 unspecified atom stereocenters. The SMILES string of the molecule is Cc1ccccc1CSCCNS(=O)(=O)c1ccc([N+](=O)[O-])cc1. The Hall–Kier alpha value is -1.90. The Kier molecular flexibility index (Phi) is 6.36. The Balaban J connectivity index is 1.82. The molecule has 0 aliphatic rings. The van der Waals surface area contributed by atoms with Gasteiger partial charge in [-0.15, -0.1) is 0 Å². The lowest BCUT2D eigenvalue weighted by Gasteiger charge is -2.08. The summed E-state index contributed by atoms with van der Waals surface area (Å²) in [5, 5.41) is 10.6. The molecule has 1 N–H and O–H groups in total. The van der Waals surface area contributed by atoms with Gasteiger partial charge in [0.15, 0.2) is 0 Å². The minimum absolute atomic E-state index is 0.0250. The fourth-order valence-corrected chi connectivity index (χ4v) is 4.13. The number of hydrogen-bond acceptors (Lipinski definition) is 5. The third-order valence-electron chi connectivity index (χ3n) is 3.42. The number of thioether (sulfide) groups is 1. The maximum atomic E-state index is 12.1. The van der Waals surface area contributed by atoms with Gasteiger partial charge in [-0.05, 0) is 30.2 Å². The van der Waals surface area contributed by atoms with Crippen LogP contribution < -0.4 is 4.72 Å². The van der Waals surface area contributed by atoms with Gasteiger partial charge in [0, 0.05) is 30.2 Å². The van der Waals surface area contributed by atoms with Crippen molar-refractivity contribution in [2.45, 2.75) is 17.6 Å². The number of nitro benzene ring substituents is 1. The van der Waals surface area contributed by atoms with Crippen LogP contribution in [0, 0.1) is 17.0 Å². The van der Waals surface area contributed by atoms with Crippen molar-refractivity contribution in [3.05, 3.63) is 69.8 Å². The van der Waals surface area contributed by atoms with Crippen LogP contribution in [0.3, 0.4) is 0 Å². The predicted molar refractivity (Wildman–Crippen MR) is 95.6 cm³/mol. The van der Waals surface area contributed by atoms with E-state index < -0.39 is 14.9 Å². The number of nitrogens with one attached hydrogen (secondary N) is 1. The molecule has 0 aromatic heterocycles. The van der Waals surface area contributed by atoms with E-state index in [0.717, 1.165) is 5.75 Å². The normalized spacial score (nSPS) is 11.4. The van der Waals surface area contributed by atoms with Gasteiger partial charge in [-0.1, -0.05) is 24.3 Å². The van der Waals surface area contributed by atoms with Gasteiger partial charge in [0.2, 0.25) is 10.0 Å². The molecule has 128 valence electrons. The van der Waals surface area contributed by atoms with E-state index in [9.17, 15) is 18.5 Å². The van der Waals surface area contributed by atoms with Crippen molar-refractivity contribution in [2.24, 2.45) is 0 Å². The van der Waals surface area contributed by atoms with Crippen LogP contribution in [0.2, 0.25) is 0 Å². The highest BCUT2D eigenvalue weighted by Gasteiger charge is 2.15. The third kappa shape index (κ3) is 5.05. The van der Waals surface area contributed by atoms with Crippen LogP contribution in [0.5, 0.6) is 0 Å². The van der Waals surface area contributed by atoms with E-state index in [4.69, 9.17) is 0 Å². The molecule has 6 nitrogen and oxygen atoms in total. The van der Waals surface area contributed by atoms with Crippen molar-refractivity contribution in [2.75, 3.05) is 12.3 Å². The van der Waals surface area contributed by atoms with E-state index in [1.807, 2.05) is 25.1 Å². The van der Waals surface area contributed by atoms with Crippen molar-refractivity contribution < 1.29 is 13.3 Å². The second kappa shape index (κ2) is 8.27. The lowest BCUT2D eigenvalue weighted by Crippen LogP contribution is -2.26. The van der Waals surface area contributed by atoms with Gasteiger partial charge in [-0.3, -0.25) is 10.1 Å². The largest absolute Gasteiger partial charge is 0.269 e. The molecule has 0 aliphatic carbocycles. The number of non-ortho nitro benzene ring substituents is 1. The second-order valence-corrected chi connectivity index (χ2v) is 8.00. The first kappa shape index (κ1) is 18.4. The Labute approximate surface area is 145 Å². The molecule has 0 saturated carbocycles. The molecule has 0 spiro atoms. The first-order valence-corrected chi connectivity index (χ1v) is 9.90. The Bertz CT molecular complexity index is 805. The molecule has 0 saturated heterocycles. The zero-order valence-corrected chi connectivity index (χ0v) is 14.8. The summed E-state index contributed by atoms with van der Waals surface area (Å²) < 4.78 is 26.7. The van der Waals surface area contributed by atoms with Crippen LogP contribution in [0.15, 0.2) is 53.4 Å². The summed E-state index contributed by atoms with van der Waals surface area (Å²) in [6, 6.07) is 12.9. The fourth-order valence-electron chi connectivity index (χ4n) is 2.03. The van der Waals surface area contributed by atoms with E-state index in [0.29, 0.717) is 12.3 Å². The zero-order chi connectivity index (χ0) is 17.6. The molecule has 0 heterocycles. The van der Waals surface area contributed by atoms with Gasteiger partial charge >= 0.3 is 0 Å². The molecule has 8 heteroatoms. The molecule has 0 amide bonds. The lowest BCUT2D eigenvalue weighted by atomic mass is 10.1. The van der Waals surface area contributed by atoms with Crippen molar-refractivity contribution in [1.29, 1.82) is 0 Å². The molecule has 2 aromatic rings. The van der Waals surface area contributed by atoms with E-state index >= 15 is 0 Å². The summed E-state index contributed by atoms with van der Waals surface area (Å²) in [5.74, 6) is 1.46. The lowest BCUT2D eigenvalue weighted by molar-refractivity contribution is -0.384. The maximum absolute atomic E-state index is 12.1. The summed E-state index contributed by atoms with van der Waals surface area (Å²) in [6.45, 7) is 2.35. The number of sulfonamides is 1. The van der Waals surface area contributed by atoms with Crippen LogP contribution in [0.1, 0.15) is 11.1 Å². The van der Waals surface area contributed by atoms with Gasteiger partial charge < -0.3 is 0 Å². The molecule has 2 aromatic carbocycles. The van der Waals surface area contributed by atoms with E-state index in [-0.39, 0.29) is 10.6 Å². The average Bonchev–Trinajstić information content (AvgIpc) is 2.56. The minimum Gasteiger partial charge on any atom is -0.258 e. The monoisotopic (exact) mass is 366 g/mol. The number of rotatable bonds is 8. The number of aryl methyl sites for hydroxylation is 1. The summed E-state index contributed by atoms with van der Waals surface area (Å²) in [5.41, 5.74) is 2.32. The fraction of sp³-hybridized carbons (Fsp3) is 0.250. The quantitative estimate of drug-likeness (QED) is 0.440. The minimum atomic E-state index is -3.64. The Morgan fingerprint density at radius 2 is 1.79 bits per heavy atom. The van der Waals surface area contributed by atoms with Crippen molar-refractivity contribution in [3.63, 3.8) is 0 Å². The van der Waals surface area contributed by atoms with E-state index in [1.54, 1.807) is 11.8 Å². The molecule has 0 bridgehead atoms. The average molecular weight is 366 g/mol. The van der Waals surface area contributed by atoms with E-state index in [1.165, 1.54) is 35.4 Å². The summed E-state index contributed by atoms with van der Waals surface area (Å²) in [6.07, 6.45) is 0. The first-order chi connectivity index (χ1) is 11.4. The van der Waals surface area contributed by atoms with Gasteiger partial charge in [-0.25, -0.2) is 13.1 Å². The molecular formula is C16H18N2O4S2. The smallest absolute Gasteiger partial charge is 0.258 e. The molecule has 24 heavy (non-hydrogen) atoms. The van der Waals surface area contributed by atoms with Crippen LogP contribution in [-0.2, 0) is 15.8 Å². The molecule has 0 atom stereocenters. The third-order valence-corrected chi connectivity index (χ3v) is 5.90. The van der Waals surface area contributed by atoms with Gasteiger partial charge in [0.25, 0.3) is 5.69 Å². The summed E-state index contributed by atoms with van der Waals surface area (Å²) in [4.78, 5) is 10.0. The van der Waals surface area contributed by atoms with Gasteiger partial charge in [-0.2, -0.15) is 11.8 Å². The second-order valence-electron chi connectivity index (χ2n) is 5.13. The molecular weight excluding hydrogens is 348 g/mol. The molecule has 2 rings (SSSR count). The predicted octanol–water partition coefficient (Wildman–Crippen LogP) is 3.11. The van der Waals surface area contributed by atoms with Gasteiger partial charge in [0.05, 0.1) is 9.82 Å². The first-order valence-electron chi connectivity index (χ1n) is 7.26. The highest BCUT2D eigenvalue weighted by molar-refractivity contribution is 7.98. The summed E-state index contributed by atoms with van der Waals surface area (Å²) in [7, 11) is -3.64. The number of nitrogens with zero attached hydrogens (tertiary/aromatic N) is 1. The molecule has 0 radical (unpaired) electrons. The van der Waals surface area contributed by atoms with Gasteiger partial charge in [0.1, 0.15) is 0 Å². The molecule has 0 fully saturated rings. The Morgan fingerprint density at radius 1 is 1.12 bits per heavy atom. The number of benzene rings is 2. The molecule has 0 aliphatic heterocycles. The van der Waals surface area contributed by atoms with Crippen LogP contribution in [0.25, 0.3) is 0 Å². The maximum Gasteiger partial charge on any atom is 0.269 e. The Morgan fingerprint density at radius 3 is 2.42 bits per heavy atom.